The molecule has 7 heteroatoms. The zero-order valence-electron chi connectivity index (χ0n) is 16.7. The normalized spacial score (nSPS) is 11.0. The SMILES string of the molecule is CCN(CC)c1ncnc2c(-c3ccccc3)cn(CC(=O)NCCOC)c12. The monoisotopic (exact) mass is 381 g/mol. The zero-order chi connectivity index (χ0) is 19.9. The summed E-state index contributed by atoms with van der Waals surface area (Å²) in [5, 5.41) is 2.88. The smallest absolute Gasteiger partial charge is 0.240 e. The number of ether oxygens (including phenoxy) is 1. The molecule has 1 aromatic carbocycles. The van der Waals surface area contributed by atoms with E-state index < -0.39 is 0 Å². The molecule has 7 nitrogen and oxygen atoms in total. The van der Waals surface area contributed by atoms with Crippen molar-refractivity contribution in [2.45, 2.75) is 20.4 Å². The van der Waals surface area contributed by atoms with Crippen molar-refractivity contribution < 1.29 is 9.53 Å². The molecule has 0 spiro atoms. The number of nitrogens with one attached hydrogen (secondary N) is 1. The van der Waals surface area contributed by atoms with E-state index >= 15 is 0 Å². The highest BCUT2D eigenvalue weighted by Gasteiger charge is 2.19. The number of nitrogens with zero attached hydrogens (tertiary/aromatic N) is 4. The summed E-state index contributed by atoms with van der Waals surface area (Å²) in [4.78, 5) is 23.7. The van der Waals surface area contributed by atoms with Gasteiger partial charge in [-0.05, 0) is 19.4 Å². The van der Waals surface area contributed by atoms with E-state index in [1.807, 2.05) is 29.0 Å². The Hall–Kier alpha value is -2.93. The lowest BCUT2D eigenvalue weighted by Gasteiger charge is -2.21. The van der Waals surface area contributed by atoms with E-state index in [9.17, 15) is 4.79 Å². The molecule has 2 heterocycles. The predicted octanol–water partition coefficient (Wildman–Crippen LogP) is 2.71. The van der Waals surface area contributed by atoms with Crippen LogP contribution in [-0.4, -0.2) is 53.8 Å². The van der Waals surface area contributed by atoms with Crippen LogP contribution < -0.4 is 10.2 Å². The first-order valence-electron chi connectivity index (χ1n) is 9.59. The van der Waals surface area contributed by atoms with Crippen LogP contribution in [0, 0.1) is 0 Å². The van der Waals surface area contributed by atoms with Gasteiger partial charge in [-0.15, -0.1) is 0 Å². The Bertz CT molecular complexity index is 919. The molecule has 3 rings (SSSR count). The first-order valence-corrected chi connectivity index (χ1v) is 9.59. The van der Waals surface area contributed by atoms with Crippen LogP contribution in [0.1, 0.15) is 13.8 Å². The van der Waals surface area contributed by atoms with E-state index in [1.54, 1.807) is 13.4 Å². The molecular weight excluding hydrogens is 354 g/mol. The topological polar surface area (TPSA) is 72.3 Å². The number of hydrogen-bond donors (Lipinski definition) is 1. The maximum atomic E-state index is 12.5. The van der Waals surface area contributed by atoms with E-state index in [2.05, 4.69) is 46.2 Å². The fourth-order valence-electron chi connectivity index (χ4n) is 3.32. The van der Waals surface area contributed by atoms with E-state index in [0.29, 0.717) is 13.2 Å². The van der Waals surface area contributed by atoms with Crippen LogP contribution >= 0.6 is 0 Å². The molecule has 1 amide bonds. The number of anilines is 1. The minimum absolute atomic E-state index is 0.0667. The van der Waals surface area contributed by atoms with Crippen LogP contribution in [0.15, 0.2) is 42.9 Å². The standard InChI is InChI=1S/C21H27N5O2/c1-4-25(5-2)21-20-19(23-15-24-21)17(16-9-7-6-8-10-16)13-26(20)14-18(27)22-11-12-28-3/h6-10,13,15H,4-5,11-12,14H2,1-3H3,(H,22,27). The van der Waals surface area contributed by atoms with Crippen molar-refractivity contribution in [2.24, 2.45) is 0 Å². The number of carbonyl (C=O) groups excluding carboxylic acids is 1. The summed E-state index contributed by atoms with van der Waals surface area (Å²) in [6, 6.07) is 10.1. The summed E-state index contributed by atoms with van der Waals surface area (Å²) < 4.78 is 6.96. The van der Waals surface area contributed by atoms with Crippen LogP contribution in [0.25, 0.3) is 22.2 Å². The van der Waals surface area contributed by atoms with Gasteiger partial charge in [-0.3, -0.25) is 4.79 Å². The molecule has 0 atom stereocenters. The van der Waals surface area contributed by atoms with Crippen LogP contribution in [0.4, 0.5) is 5.82 Å². The van der Waals surface area contributed by atoms with Crippen molar-refractivity contribution in [1.82, 2.24) is 19.9 Å². The Morgan fingerprint density at radius 3 is 2.61 bits per heavy atom. The van der Waals surface area contributed by atoms with Crippen LogP contribution in [-0.2, 0) is 16.1 Å². The maximum absolute atomic E-state index is 12.5. The number of amides is 1. The number of methoxy groups -OCH3 is 1. The highest BCUT2D eigenvalue weighted by molar-refractivity contribution is 5.99. The summed E-state index contributed by atoms with van der Waals surface area (Å²) >= 11 is 0. The van der Waals surface area contributed by atoms with Crippen molar-refractivity contribution >= 4 is 22.8 Å². The summed E-state index contributed by atoms with van der Waals surface area (Å²) in [7, 11) is 1.62. The number of hydrogen-bond acceptors (Lipinski definition) is 5. The van der Waals surface area contributed by atoms with E-state index in [0.717, 1.165) is 41.1 Å². The van der Waals surface area contributed by atoms with Gasteiger partial charge in [0.05, 0.1) is 6.61 Å². The molecule has 0 unspecified atom stereocenters. The average molecular weight is 381 g/mol. The second-order valence-corrected chi connectivity index (χ2v) is 6.45. The highest BCUT2D eigenvalue weighted by Crippen LogP contribution is 2.33. The third kappa shape index (κ3) is 4.14. The Balaban J connectivity index is 2.08. The second kappa shape index (κ2) is 9.32. The molecule has 28 heavy (non-hydrogen) atoms. The van der Waals surface area contributed by atoms with Crippen molar-refractivity contribution in [3.63, 3.8) is 0 Å². The summed E-state index contributed by atoms with van der Waals surface area (Å²) in [6.07, 6.45) is 3.60. The lowest BCUT2D eigenvalue weighted by Crippen LogP contribution is -2.30. The molecule has 3 aromatic rings. The van der Waals surface area contributed by atoms with Gasteiger partial charge >= 0.3 is 0 Å². The molecule has 2 aromatic heterocycles. The molecule has 0 saturated heterocycles. The van der Waals surface area contributed by atoms with Crippen molar-refractivity contribution in [1.29, 1.82) is 0 Å². The van der Waals surface area contributed by atoms with Crippen LogP contribution in [0.3, 0.4) is 0 Å². The summed E-state index contributed by atoms with van der Waals surface area (Å²) in [6.45, 7) is 7.03. The Morgan fingerprint density at radius 2 is 1.93 bits per heavy atom. The summed E-state index contributed by atoms with van der Waals surface area (Å²) in [5.74, 6) is 0.782. The molecule has 0 radical (unpaired) electrons. The van der Waals surface area contributed by atoms with Gasteiger partial charge < -0.3 is 19.5 Å². The molecular formula is C21H27N5O2. The van der Waals surface area contributed by atoms with Gasteiger partial charge in [0.25, 0.3) is 0 Å². The molecule has 0 aliphatic heterocycles. The number of benzene rings is 1. The molecule has 0 aliphatic carbocycles. The Kier molecular flexibility index (Phi) is 6.60. The van der Waals surface area contributed by atoms with Gasteiger partial charge in [-0.2, -0.15) is 0 Å². The molecule has 0 bridgehead atoms. The van der Waals surface area contributed by atoms with Crippen molar-refractivity contribution in [2.75, 3.05) is 38.3 Å². The van der Waals surface area contributed by atoms with Crippen LogP contribution in [0.2, 0.25) is 0 Å². The van der Waals surface area contributed by atoms with Gasteiger partial charge in [0.15, 0.2) is 5.82 Å². The van der Waals surface area contributed by atoms with Gasteiger partial charge in [-0.1, -0.05) is 30.3 Å². The number of carbonyl (C=O) groups is 1. The minimum Gasteiger partial charge on any atom is -0.383 e. The zero-order valence-corrected chi connectivity index (χ0v) is 16.7. The number of fused-ring (bicyclic) bond motifs is 1. The third-order valence-electron chi connectivity index (χ3n) is 4.72. The molecule has 0 aliphatic rings. The quantitative estimate of drug-likeness (QED) is 0.577. The number of rotatable bonds is 9. The van der Waals surface area contributed by atoms with E-state index in [1.165, 1.54) is 0 Å². The van der Waals surface area contributed by atoms with Gasteiger partial charge in [0, 0.05) is 38.5 Å². The minimum atomic E-state index is -0.0667. The van der Waals surface area contributed by atoms with Gasteiger partial charge in [0.2, 0.25) is 5.91 Å². The average Bonchev–Trinajstić information content (AvgIpc) is 3.09. The molecule has 0 saturated carbocycles. The van der Waals surface area contributed by atoms with E-state index in [4.69, 9.17) is 4.74 Å². The predicted molar refractivity (Wildman–Crippen MR) is 111 cm³/mol. The lowest BCUT2D eigenvalue weighted by molar-refractivity contribution is -0.121. The first kappa shape index (κ1) is 19.8. The highest BCUT2D eigenvalue weighted by atomic mass is 16.5. The fourth-order valence-corrected chi connectivity index (χ4v) is 3.32. The molecule has 0 fully saturated rings. The fraction of sp³-hybridized carbons (Fsp3) is 0.381. The largest absolute Gasteiger partial charge is 0.383 e. The Labute approximate surface area is 165 Å². The first-order chi connectivity index (χ1) is 13.7. The maximum Gasteiger partial charge on any atom is 0.240 e. The van der Waals surface area contributed by atoms with Gasteiger partial charge in [-0.25, -0.2) is 9.97 Å². The molecule has 1 N–H and O–H groups in total. The Morgan fingerprint density at radius 1 is 1.18 bits per heavy atom. The van der Waals surface area contributed by atoms with Crippen molar-refractivity contribution in [3.05, 3.63) is 42.9 Å². The second-order valence-electron chi connectivity index (χ2n) is 6.45. The number of aromatic nitrogens is 3. The van der Waals surface area contributed by atoms with Crippen LogP contribution in [0.5, 0.6) is 0 Å². The summed E-state index contributed by atoms with van der Waals surface area (Å²) in [5.41, 5.74) is 3.80. The third-order valence-corrected chi connectivity index (χ3v) is 4.72. The lowest BCUT2D eigenvalue weighted by atomic mass is 10.1. The molecule has 148 valence electrons. The van der Waals surface area contributed by atoms with Gasteiger partial charge in [0.1, 0.15) is 23.9 Å². The van der Waals surface area contributed by atoms with E-state index in [-0.39, 0.29) is 12.5 Å². The van der Waals surface area contributed by atoms with Crippen molar-refractivity contribution in [3.8, 4) is 11.1 Å².